The second kappa shape index (κ2) is 8.02. The fourth-order valence-corrected chi connectivity index (χ4v) is 2.95. The first-order chi connectivity index (χ1) is 13.4. The summed E-state index contributed by atoms with van der Waals surface area (Å²) in [6.07, 6.45) is -4.75. The van der Waals surface area contributed by atoms with E-state index in [4.69, 9.17) is 14.6 Å². The van der Waals surface area contributed by atoms with Gasteiger partial charge >= 0.3 is 5.69 Å². The van der Waals surface area contributed by atoms with Gasteiger partial charge in [0.15, 0.2) is 12.0 Å². The summed E-state index contributed by atoms with van der Waals surface area (Å²) in [6.45, 7) is -1.18. The van der Waals surface area contributed by atoms with E-state index in [0.717, 1.165) is 6.20 Å². The minimum atomic E-state index is -1.56. The predicted octanol–water partition coefficient (Wildman–Crippen LogP) is -2.09. The Bertz CT molecular complexity index is 985. The number of ether oxygens (including phenoxy) is 2. The van der Waals surface area contributed by atoms with Gasteiger partial charge in [0.05, 0.1) is 25.8 Å². The Morgan fingerprint density at radius 3 is 2.61 bits per heavy atom. The first-order valence-corrected chi connectivity index (χ1v) is 8.36. The molecule has 0 aliphatic carbocycles. The zero-order chi connectivity index (χ0) is 20.4. The molecular weight excluding hydrogens is 374 g/mol. The minimum Gasteiger partial charge on any atom is -0.496 e. The van der Waals surface area contributed by atoms with Crippen LogP contribution >= 0.6 is 0 Å². The highest BCUT2D eigenvalue weighted by molar-refractivity contribution is 5.98. The zero-order valence-electron chi connectivity index (χ0n) is 14.8. The lowest BCUT2D eigenvalue weighted by Gasteiger charge is -2.17. The van der Waals surface area contributed by atoms with Crippen molar-refractivity contribution in [2.75, 3.05) is 13.7 Å². The molecule has 0 spiro atoms. The molecule has 1 aromatic carbocycles. The molecule has 1 fully saturated rings. The van der Waals surface area contributed by atoms with Crippen molar-refractivity contribution in [3.63, 3.8) is 0 Å². The standard InChI is InChI=1S/C17H19N3O8/c1-27-11-5-3-2-4-9(11)10(22)7-19-13(23)6-18-20(17(19)26)16-15(25)14(24)12(8-21)28-16/h2-6,12,14-16,21,24-25H,7-8H2,1H3/t12-,14-,15-,16-/m1/s1. The summed E-state index contributed by atoms with van der Waals surface area (Å²) in [5, 5.41) is 32.7. The number of nitrogens with zero attached hydrogens (tertiary/aromatic N) is 3. The summed E-state index contributed by atoms with van der Waals surface area (Å²) in [5.41, 5.74) is -1.64. The van der Waals surface area contributed by atoms with Gasteiger partial charge < -0.3 is 24.8 Å². The third kappa shape index (κ3) is 3.47. The molecule has 0 saturated carbocycles. The number of hydrogen-bond donors (Lipinski definition) is 3. The van der Waals surface area contributed by atoms with Crippen LogP contribution in [-0.4, -0.2) is 67.5 Å². The normalized spacial score (nSPS) is 24.3. The summed E-state index contributed by atoms with van der Waals surface area (Å²) in [5.74, 6) is -0.256. The van der Waals surface area contributed by atoms with E-state index in [1.807, 2.05) is 0 Å². The van der Waals surface area contributed by atoms with Crippen LogP contribution in [0.1, 0.15) is 16.6 Å². The maximum Gasteiger partial charge on any atom is 0.350 e. The summed E-state index contributed by atoms with van der Waals surface area (Å²) >= 11 is 0. The number of rotatable bonds is 6. The first-order valence-electron chi connectivity index (χ1n) is 8.36. The molecule has 0 bridgehead atoms. The predicted molar refractivity (Wildman–Crippen MR) is 93.1 cm³/mol. The van der Waals surface area contributed by atoms with Crippen LogP contribution < -0.4 is 16.0 Å². The Morgan fingerprint density at radius 2 is 1.96 bits per heavy atom. The SMILES string of the molecule is COc1ccccc1C(=O)Cn1c(=O)cnn([C@@H]2O[C@H](CO)[C@@H](O)[C@H]2O)c1=O. The van der Waals surface area contributed by atoms with Crippen LogP contribution in [-0.2, 0) is 11.3 Å². The Morgan fingerprint density at radius 1 is 1.25 bits per heavy atom. The molecule has 0 amide bonds. The number of hydrogen-bond acceptors (Lipinski definition) is 9. The molecule has 1 aromatic heterocycles. The van der Waals surface area contributed by atoms with Crippen molar-refractivity contribution in [2.45, 2.75) is 31.1 Å². The number of aliphatic hydroxyl groups is 3. The Labute approximate surface area is 158 Å². The third-order valence-corrected chi connectivity index (χ3v) is 4.45. The fraction of sp³-hybridized carbons (Fsp3) is 0.412. The molecular formula is C17H19N3O8. The van der Waals surface area contributed by atoms with E-state index >= 15 is 0 Å². The van der Waals surface area contributed by atoms with Crippen molar-refractivity contribution in [1.82, 2.24) is 14.3 Å². The molecule has 11 nitrogen and oxygen atoms in total. The molecule has 1 aliphatic rings. The number of benzene rings is 1. The topological polar surface area (TPSA) is 153 Å². The zero-order valence-corrected chi connectivity index (χ0v) is 14.8. The lowest BCUT2D eigenvalue weighted by molar-refractivity contribution is -0.0624. The van der Waals surface area contributed by atoms with Gasteiger partial charge in [-0.15, -0.1) is 0 Å². The molecule has 2 aromatic rings. The number of Topliss-reactive ketones (excluding diaryl/α,β-unsaturated/α-hetero) is 1. The van der Waals surface area contributed by atoms with Crippen LogP contribution in [0.2, 0.25) is 0 Å². The molecule has 3 rings (SSSR count). The van der Waals surface area contributed by atoms with Crippen molar-refractivity contribution in [2.24, 2.45) is 0 Å². The summed E-state index contributed by atoms with van der Waals surface area (Å²) in [6, 6.07) is 6.35. The van der Waals surface area contributed by atoms with Crippen molar-refractivity contribution in [3.05, 3.63) is 56.9 Å². The van der Waals surface area contributed by atoms with Crippen molar-refractivity contribution >= 4 is 5.78 Å². The Hall–Kier alpha value is -2.86. The first kappa shape index (κ1) is 19.9. The lowest BCUT2D eigenvalue weighted by atomic mass is 10.1. The number of aliphatic hydroxyl groups excluding tert-OH is 3. The highest BCUT2D eigenvalue weighted by atomic mass is 16.6. The number of carbonyl (C=O) groups excluding carboxylic acids is 1. The fourth-order valence-electron chi connectivity index (χ4n) is 2.95. The number of aromatic nitrogens is 3. The van der Waals surface area contributed by atoms with E-state index in [-0.39, 0.29) is 5.56 Å². The summed E-state index contributed by atoms with van der Waals surface area (Å²) in [7, 11) is 1.39. The largest absolute Gasteiger partial charge is 0.496 e. The van der Waals surface area contributed by atoms with Crippen molar-refractivity contribution in [1.29, 1.82) is 0 Å². The Balaban J connectivity index is 1.95. The quantitative estimate of drug-likeness (QED) is 0.469. The average Bonchev–Trinajstić information content (AvgIpc) is 2.99. The summed E-state index contributed by atoms with van der Waals surface area (Å²) < 4.78 is 11.7. The molecule has 0 unspecified atom stereocenters. The highest BCUT2D eigenvalue weighted by Gasteiger charge is 2.44. The molecule has 1 aliphatic heterocycles. The average molecular weight is 393 g/mol. The Kier molecular flexibility index (Phi) is 5.70. The van der Waals surface area contributed by atoms with Gasteiger partial charge in [-0.25, -0.2) is 9.36 Å². The van der Waals surface area contributed by atoms with Gasteiger partial charge in [0.1, 0.15) is 30.3 Å². The smallest absolute Gasteiger partial charge is 0.350 e. The van der Waals surface area contributed by atoms with E-state index < -0.39 is 54.7 Å². The highest BCUT2D eigenvalue weighted by Crippen LogP contribution is 2.27. The molecule has 1 saturated heterocycles. The van der Waals surface area contributed by atoms with Crippen LogP contribution in [0.4, 0.5) is 0 Å². The third-order valence-electron chi connectivity index (χ3n) is 4.45. The van der Waals surface area contributed by atoms with Crippen LogP contribution in [0.3, 0.4) is 0 Å². The van der Waals surface area contributed by atoms with Gasteiger partial charge in [-0.2, -0.15) is 9.78 Å². The molecule has 4 atom stereocenters. The van der Waals surface area contributed by atoms with Gasteiger partial charge in [0, 0.05) is 0 Å². The second-order valence-electron chi connectivity index (χ2n) is 6.15. The molecule has 28 heavy (non-hydrogen) atoms. The maximum atomic E-state index is 12.7. The van der Waals surface area contributed by atoms with Gasteiger partial charge in [-0.1, -0.05) is 12.1 Å². The lowest BCUT2D eigenvalue weighted by Crippen LogP contribution is -2.45. The van der Waals surface area contributed by atoms with Gasteiger partial charge in [-0.05, 0) is 12.1 Å². The van der Waals surface area contributed by atoms with E-state index in [0.29, 0.717) is 15.0 Å². The molecule has 150 valence electrons. The van der Waals surface area contributed by atoms with Crippen LogP contribution in [0.25, 0.3) is 0 Å². The van der Waals surface area contributed by atoms with Crippen molar-refractivity contribution < 1.29 is 29.6 Å². The molecule has 2 heterocycles. The second-order valence-corrected chi connectivity index (χ2v) is 6.15. The number of para-hydroxylation sites is 1. The van der Waals surface area contributed by atoms with Gasteiger partial charge in [-0.3, -0.25) is 9.59 Å². The number of methoxy groups -OCH3 is 1. The minimum absolute atomic E-state index is 0.188. The van der Waals surface area contributed by atoms with E-state index in [1.165, 1.54) is 13.2 Å². The number of ketones is 1. The monoisotopic (exact) mass is 393 g/mol. The molecule has 0 radical (unpaired) electrons. The van der Waals surface area contributed by atoms with Crippen LogP contribution in [0.15, 0.2) is 40.1 Å². The summed E-state index contributed by atoms with van der Waals surface area (Å²) in [4.78, 5) is 37.4. The number of carbonyl (C=O) groups is 1. The van der Waals surface area contributed by atoms with E-state index in [1.54, 1.807) is 18.2 Å². The van der Waals surface area contributed by atoms with Crippen LogP contribution in [0.5, 0.6) is 5.75 Å². The molecule has 3 N–H and O–H groups in total. The van der Waals surface area contributed by atoms with E-state index in [9.17, 15) is 24.6 Å². The van der Waals surface area contributed by atoms with Gasteiger partial charge in [0.25, 0.3) is 5.56 Å². The van der Waals surface area contributed by atoms with Crippen molar-refractivity contribution in [3.8, 4) is 5.75 Å². The van der Waals surface area contributed by atoms with Crippen LogP contribution in [0, 0.1) is 0 Å². The van der Waals surface area contributed by atoms with E-state index in [2.05, 4.69) is 5.10 Å². The molecule has 11 heteroatoms. The van der Waals surface area contributed by atoms with Gasteiger partial charge in [0.2, 0.25) is 0 Å². The maximum absolute atomic E-state index is 12.7.